The van der Waals surface area contributed by atoms with Crippen molar-refractivity contribution in [2.45, 2.75) is 84.3 Å². The highest BCUT2D eigenvalue weighted by Crippen LogP contribution is 2.18. The number of ether oxygens (including phenoxy) is 1. The van der Waals surface area contributed by atoms with Gasteiger partial charge in [-0.05, 0) is 45.2 Å². The van der Waals surface area contributed by atoms with Crippen LogP contribution in [0.1, 0.15) is 79.8 Å². The number of esters is 1. The fraction of sp³-hybridized carbons (Fsp3) is 0.591. The quantitative estimate of drug-likeness (QED) is 0.445. The molecule has 1 amide bonds. The Morgan fingerprint density at radius 2 is 1.74 bits per heavy atom. The number of Topliss-reactive ketones (excluding diaryl/α,β-unsaturated/α-hetero) is 1. The van der Waals surface area contributed by atoms with Crippen molar-refractivity contribution in [1.29, 1.82) is 0 Å². The minimum absolute atomic E-state index is 0.0206. The maximum atomic E-state index is 12.4. The van der Waals surface area contributed by atoms with Gasteiger partial charge in [-0.3, -0.25) is 14.4 Å². The van der Waals surface area contributed by atoms with E-state index < -0.39 is 12.1 Å². The van der Waals surface area contributed by atoms with E-state index >= 15 is 0 Å². The number of carbonyl (C=O) groups excluding carboxylic acids is 3. The second kappa shape index (κ2) is 10.2. The van der Waals surface area contributed by atoms with Crippen LogP contribution in [0.25, 0.3) is 0 Å². The van der Waals surface area contributed by atoms with Crippen molar-refractivity contribution in [3.05, 3.63) is 34.9 Å². The van der Waals surface area contributed by atoms with Crippen LogP contribution in [0.2, 0.25) is 0 Å². The largest absolute Gasteiger partial charge is 0.453 e. The predicted octanol–water partition coefficient (Wildman–Crippen LogP) is 4.04. The Morgan fingerprint density at radius 1 is 1.07 bits per heavy atom. The van der Waals surface area contributed by atoms with Crippen LogP contribution in [0.15, 0.2) is 18.2 Å². The minimum atomic E-state index is -0.837. The number of hydrogen-bond donors (Lipinski definition) is 1. The summed E-state index contributed by atoms with van der Waals surface area (Å²) in [4.78, 5) is 36.6. The fourth-order valence-electron chi connectivity index (χ4n) is 3.44. The van der Waals surface area contributed by atoms with Gasteiger partial charge in [0.1, 0.15) is 0 Å². The average molecular weight is 373 g/mol. The zero-order valence-corrected chi connectivity index (χ0v) is 16.7. The lowest BCUT2D eigenvalue weighted by molar-refractivity contribution is -0.155. The lowest BCUT2D eigenvalue weighted by Crippen LogP contribution is -2.41. The van der Waals surface area contributed by atoms with Crippen LogP contribution < -0.4 is 5.32 Å². The zero-order chi connectivity index (χ0) is 19.8. The second-order valence-corrected chi connectivity index (χ2v) is 7.57. The van der Waals surface area contributed by atoms with E-state index in [0.717, 1.165) is 36.8 Å². The molecule has 1 fully saturated rings. The molecule has 0 bridgehead atoms. The first-order valence-electron chi connectivity index (χ1n) is 9.97. The molecular formula is C22H31NO4. The van der Waals surface area contributed by atoms with Crippen molar-refractivity contribution in [3.63, 3.8) is 0 Å². The summed E-state index contributed by atoms with van der Waals surface area (Å²) < 4.78 is 5.22. The van der Waals surface area contributed by atoms with Crippen molar-refractivity contribution in [2.24, 2.45) is 0 Å². The summed E-state index contributed by atoms with van der Waals surface area (Å²) >= 11 is 0. The van der Waals surface area contributed by atoms with Crippen molar-refractivity contribution < 1.29 is 19.1 Å². The summed E-state index contributed by atoms with van der Waals surface area (Å²) in [6.45, 7) is 5.39. The van der Waals surface area contributed by atoms with Gasteiger partial charge >= 0.3 is 5.97 Å². The maximum absolute atomic E-state index is 12.4. The number of amides is 1. The van der Waals surface area contributed by atoms with E-state index in [-0.39, 0.29) is 30.6 Å². The van der Waals surface area contributed by atoms with Crippen LogP contribution in [0, 0.1) is 13.8 Å². The normalized spacial score (nSPS) is 16.3. The van der Waals surface area contributed by atoms with Crippen molar-refractivity contribution in [3.8, 4) is 0 Å². The van der Waals surface area contributed by atoms with Gasteiger partial charge in [-0.1, -0.05) is 43.4 Å². The molecule has 1 aliphatic rings. The van der Waals surface area contributed by atoms with Gasteiger partial charge in [-0.2, -0.15) is 0 Å². The number of carbonyl (C=O) groups is 3. The Labute approximate surface area is 161 Å². The van der Waals surface area contributed by atoms with E-state index in [0.29, 0.717) is 5.56 Å². The Bertz CT molecular complexity index is 675. The molecule has 2 rings (SSSR count). The average Bonchev–Trinajstić information content (AvgIpc) is 2.90. The van der Waals surface area contributed by atoms with Gasteiger partial charge in [0.25, 0.3) is 5.91 Å². The number of aryl methyl sites for hydroxylation is 2. The first-order chi connectivity index (χ1) is 12.9. The first-order valence-corrected chi connectivity index (χ1v) is 9.97. The van der Waals surface area contributed by atoms with Crippen LogP contribution in [-0.4, -0.2) is 29.8 Å². The molecule has 1 aliphatic carbocycles. The number of nitrogens with one attached hydrogen (secondary N) is 1. The summed E-state index contributed by atoms with van der Waals surface area (Å²) in [6.07, 6.45) is 5.87. The molecule has 148 valence electrons. The summed E-state index contributed by atoms with van der Waals surface area (Å²) in [5.41, 5.74) is 2.55. The highest BCUT2D eigenvalue weighted by molar-refractivity contribution is 5.99. The molecule has 0 unspecified atom stereocenters. The summed E-state index contributed by atoms with van der Waals surface area (Å²) in [5.74, 6) is -0.850. The van der Waals surface area contributed by atoms with E-state index in [4.69, 9.17) is 4.74 Å². The van der Waals surface area contributed by atoms with Crippen LogP contribution in [0.5, 0.6) is 0 Å². The summed E-state index contributed by atoms with van der Waals surface area (Å²) in [5, 5.41) is 2.99. The third-order valence-electron chi connectivity index (χ3n) is 5.13. The number of benzene rings is 1. The molecule has 0 saturated heterocycles. The molecule has 0 spiro atoms. The molecule has 0 heterocycles. The second-order valence-electron chi connectivity index (χ2n) is 7.57. The highest BCUT2D eigenvalue weighted by atomic mass is 16.5. The van der Waals surface area contributed by atoms with Crippen LogP contribution in [-0.2, 0) is 14.3 Å². The van der Waals surface area contributed by atoms with Gasteiger partial charge in [0.05, 0.1) is 6.42 Å². The van der Waals surface area contributed by atoms with Crippen molar-refractivity contribution >= 4 is 17.7 Å². The predicted molar refractivity (Wildman–Crippen MR) is 105 cm³/mol. The topological polar surface area (TPSA) is 72.5 Å². The van der Waals surface area contributed by atoms with Gasteiger partial charge in [-0.25, -0.2) is 0 Å². The number of ketones is 1. The van der Waals surface area contributed by atoms with Gasteiger partial charge in [0.15, 0.2) is 11.9 Å². The van der Waals surface area contributed by atoms with E-state index in [1.54, 1.807) is 6.92 Å². The maximum Gasteiger partial charge on any atom is 0.307 e. The molecule has 1 N–H and O–H groups in total. The van der Waals surface area contributed by atoms with Gasteiger partial charge < -0.3 is 10.1 Å². The molecule has 5 nitrogen and oxygen atoms in total. The monoisotopic (exact) mass is 373 g/mol. The Morgan fingerprint density at radius 3 is 2.41 bits per heavy atom. The summed E-state index contributed by atoms with van der Waals surface area (Å²) in [7, 11) is 0. The van der Waals surface area contributed by atoms with Gasteiger partial charge in [0, 0.05) is 18.0 Å². The Balaban J connectivity index is 1.77. The van der Waals surface area contributed by atoms with Gasteiger partial charge in [-0.15, -0.1) is 0 Å². The van der Waals surface area contributed by atoms with Crippen molar-refractivity contribution in [2.75, 3.05) is 0 Å². The molecule has 1 atom stereocenters. The molecular weight excluding hydrogens is 342 g/mol. The van der Waals surface area contributed by atoms with E-state index in [2.05, 4.69) is 5.32 Å². The molecule has 1 aromatic carbocycles. The van der Waals surface area contributed by atoms with E-state index in [1.807, 2.05) is 32.0 Å². The lowest BCUT2D eigenvalue weighted by atomic mass is 9.99. The SMILES string of the molecule is Cc1ccc(C)c(C(=O)CCC(=O)O[C@@H](C)C(=O)NC2CCCCCC2)c1. The molecule has 0 aliphatic heterocycles. The first kappa shape index (κ1) is 21.1. The van der Waals surface area contributed by atoms with Crippen molar-refractivity contribution in [1.82, 2.24) is 5.32 Å². The molecule has 27 heavy (non-hydrogen) atoms. The van der Waals surface area contributed by atoms with Crippen LogP contribution in [0.4, 0.5) is 0 Å². The molecule has 0 aromatic heterocycles. The molecule has 0 radical (unpaired) electrons. The van der Waals surface area contributed by atoms with Crippen LogP contribution >= 0.6 is 0 Å². The summed E-state index contributed by atoms with van der Waals surface area (Å²) in [6, 6.07) is 5.87. The fourth-order valence-corrected chi connectivity index (χ4v) is 3.44. The number of rotatable bonds is 7. The van der Waals surface area contributed by atoms with Gasteiger partial charge in [0.2, 0.25) is 0 Å². The minimum Gasteiger partial charge on any atom is -0.453 e. The smallest absolute Gasteiger partial charge is 0.307 e. The molecule has 5 heteroatoms. The third-order valence-corrected chi connectivity index (χ3v) is 5.13. The number of hydrogen-bond acceptors (Lipinski definition) is 4. The Kier molecular flexibility index (Phi) is 8.01. The van der Waals surface area contributed by atoms with E-state index in [1.165, 1.54) is 12.8 Å². The van der Waals surface area contributed by atoms with E-state index in [9.17, 15) is 14.4 Å². The third kappa shape index (κ3) is 6.81. The Hall–Kier alpha value is -2.17. The zero-order valence-electron chi connectivity index (χ0n) is 16.7. The van der Waals surface area contributed by atoms with Crippen LogP contribution in [0.3, 0.4) is 0 Å². The lowest BCUT2D eigenvalue weighted by Gasteiger charge is -2.19. The molecule has 1 saturated carbocycles. The molecule has 1 aromatic rings. The highest BCUT2D eigenvalue weighted by Gasteiger charge is 2.22. The standard InChI is InChI=1S/C22H31NO4/c1-15-10-11-16(2)19(14-15)20(24)12-13-21(25)27-17(3)22(26)23-18-8-6-4-5-7-9-18/h10-11,14,17-18H,4-9,12-13H2,1-3H3,(H,23,26)/t17-/m0/s1.